The quantitative estimate of drug-likeness (QED) is 0.620. The average Bonchev–Trinajstić information content (AvgIpc) is 2.81. The molecule has 0 aliphatic carbocycles. The van der Waals surface area contributed by atoms with E-state index in [0.29, 0.717) is 6.10 Å². The Labute approximate surface area is 109 Å². The molecular formula is C14H23N3O. The molecule has 1 aliphatic rings. The lowest BCUT2D eigenvalue weighted by molar-refractivity contribution is 0.0996. The Morgan fingerprint density at radius 2 is 2.17 bits per heavy atom. The van der Waals surface area contributed by atoms with Crippen LogP contribution in [0.2, 0.25) is 0 Å². The first-order valence-corrected chi connectivity index (χ1v) is 6.72. The summed E-state index contributed by atoms with van der Waals surface area (Å²) in [5.41, 5.74) is 6.22. The molecule has 0 radical (unpaired) electrons. The number of nitrogens with zero attached hydrogens (tertiary/aromatic N) is 1. The molecule has 2 atom stereocenters. The van der Waals surface area contributed by atoms with Gasteiger partial charge in [0.1, 0.15) is 0 Å². The third-order valence-electron chi connectivity index (χ3n) is 3.51. The van der Waals surface area contributed by atoms with Gasteiger partial charge in [-0.2, -0.15) is 0 Å². The Kier molecular flexibility index (Phi) is 4.69. The zero-order valence-electron chi connectivity index (χ0n) is 11.3. The molecule has 1 aromatic rings. The number of hydrazine groups is 1. The van der Waals surface area contributed by atoms with Crippen LogP contribution >= 0.6 is 0 Å². The van der Waals surface area contributed by atoms with E-state index in [0.717, 1.165) is 30.8 Å². The lowest BCUT2D eigenvalue weighted by Gasteiger charge is -2.19. The minimum atomic E-state index is 0.189. The predicted molar refractivity (Wildman–Crippen MR) is 72.0 cm³/mol. The Morgan fingerprint density at radius 3 is 2.72 bits per heavy atom. The van der Waals surface area contributed by atoms with Gasteiger partial charge in [-0.3, -0.25) is 16.3 Å². The van der Waals surface area contributed by atoms with Crippen LogP contribution in [0, 0.1) is 13.8 Å². The summed E-state index contributed by atoms with van der Waals surface area (Å²) >= 11 is 0. The van der Waals surface area contributed by atoms with E-state index in [2.05, 4.69) is 22.5 Å². The summed E-state index contributed by atoms with van der Waals surface area (Å²) in [7, 11) is 0. The van der Waals surface area contributed by atoms with E-state index in [1.807, 2.05) is 13.8 Å². The van der Waals surface area contributed by atoms with Crippen LogP contribution in [0.5, 0.6) is 0 Å². The van der Waals surface area contributed by atoms with Crippen molar-refractivity contribution in [2.75, 3.05) is 6.61 Å². The molecule has 1 fully saturated rings. The summed E-state index contributed by atoms with van der Waals surface area (Å²) in [5.74, 6) is 5.68. The molecule has 0 bridgehead atoms. The maximum atomic E-state index is 5.68. The highest BCUT2D eigenvalue weighted by Crippen LogP contribution is 2.24. The summed E-state index contributed by atoms with van der Waals surface area (Å²) in [6.07, 6.45) is 4.87. The Bertz CT molecular complexity index is 368. The lowest BCUT2D eigenvalue weighted by Crippen LogP contribution is -2.29. The normalized spacial score (nSPS) is 21.2. The van der Waals surface area contributed by atoms with Gasteiger partial charge in [-0.15, -0.1) is 0 Å². The van der Waals surface area contributed by atoms with Crippen molar-refractivity contribution in [3.05, 3.63) is 29.1 Å². The van der Waals surface area contributed by atoms with Crippen molar-refractivity contribution in [2.45, 2.75) is 51.7 Å². The highest BCUT2D eigenvalue weighted by Gasteiger charge is 2.18. The SMILES string of the molecule is Cc1cc(C(CCC2CCCO2)NN)cc(C)n1. The standard InChI is InChI=1S/C14H23N3O/c1-10-8-12(9-11(2)16-10)14(17-15)6-5-13-4-3-7-18-13/h8-9,13-14,17H,3-7,15H2,1-2H3. The number of aryl methyl sites for hydroxylation is 2. The molecule has 2 heterocycles. The van der Waals surface area contributed by atoms with Gasteiger partial charge < -0.3 is 4.74 Å². The van der Waals surface area contributed by atoms with Crippen LogP contribution in [-0.2, 0) is 4.74 Å². The molecule has 1 aromatic heterocycles. The Balaban J connectivity index is 1.98. The number of nitrogens with one attached hydrogen (secondary N) is 1. The lowest BCUT2D eigenvalue weighted by atomic mass is 9.99. The van der Waals surface area contributed by atoms with Crippen molar-refractivity contribution in [2.24, 2.45) is 5.84 Å². The molecule has 0 aromatic carbocycles. The first-order valence-electron chi connectivity index (χ1n) is 6.72. The van der Waals surface area contributed by atoms with Crippen LogP contribution in [0.25, 0.3) is 0 Å². The second-order valence-corrected chi connectivity index (χ2v) is 5.11. The molecular weight excluding hydrogens is 226 g/mol. The summed E-state index contributed by atoms with van der Waals surface area (Å²) in [6, 6.07) is 4.40. The summed E-state index contributed by atoms with van der Waals surface area (Å²) in [5, 5.41) is 0. The fourth-order valence-electron chi connectivity index (χ4n) is 2.64. The second kappa shape index (κ2) is 6.27. The average molecular weight is 249 g/mol. The van der Waals surface area contributed by atoms with Crippen molar-refractivity contribution in [3.8, 4) is 0 Å². The summed E-state index contributed by atoms with van der Waals surface area (Å²) in [6.45, 7) is 4.95. The molecule has 1 saturated heterocycles. The van der Waals surface area contributed by atoms with E-state index < -0.39 is 0 Å². The summed E-state index contributed by atoms with van der Waals surface area (Å²) in [4.78, 5) is 4.40. The summed E-state index contributed by atoms with van der Waals surface area (Å²) < 4.78 is 5.65. The number of rotatable bonds is 5. The molecule has 100 valence electrons. The van der Waals surface area contributed by atoms with Crippen LogP contribution in [0.15, 0.2) is 12.1 Å². The van der Waals surface area contributed by atoms with Gasteiger partial charge in [0.25, 0.3) is 0 Å². The highest BCUT2D eigenvalue weighted by molar-refractivity contribution is 5.23. The maximum Gasteiger partial charge on any atom is 0.0576 e. The molecule has 3 N–H and O–H groups in total. The van der Waals surface area contributed by atoms with Crippen molar-refractivity contribution in [3.63, 3.8) is 0 Å². The van der Waals surface area contributed by atoms with Crippen molar-refractivity contribution in [1.29, 1.82) is 0 Å². The van der Waals surface area contributed by atoms with Gasteiger partial charge in [0.2, 0.25) is 0 Å². The topological polar surface area (TPSA) is 60.2 Å². The van der Waals surface area contributed by atoms with E-state index in [1.165, 1.54) is 18.4 Å². The minimum Gasteiger partial charge on any atom is -0.378 e. The zero-order valence-corrected chi connectivity index (χ0v) is 11.3. The fraction of sp³-hybridized carbons (Fsp3) is 0.643. The van der Waals surface area contributed by atoms with Crippen LogP contribution in [0.3, 0.4) is 0 Å². The largest absolute Gasteiger partial charge is 0.378 e. The zero-order chi connectivity index (χ0) is 13.0. The van der Waals surface area contributed by atoms with Gasteiger partial charge >= 0.3 is 0 Å². The first-order chi connectivity index (χ1) is 8.69. The van der Waals surface area contributed by atoms with E-state index in [9.17, 15) is 0 Å². The number of ether oxygens (including phenoxy) is 1. The molecule has 0 saturated carbocycles. The van der Waals surface area contributed by atoms with Gasteiger partial charge in [0.15, 0.2) is 0 Å². The second-order valence-electron chi connectivity index (χ2n) is 5.11. The molecule has 2 rings (SSSR count). The van der Waals surface area contributed by atoms with Crippen LogP contribution in [-0.4, -0.2) is 17.7 Å². The van der Waals surface area contributed by atoms with Gasteiger partial charge in [0, 0.05) is 24.0 Å². The number of hydrogen-bond acceptors (Lipinski definition) is 4. The molecule has 1 aliphatic heterocycles. The van der Waals surface area contributed by atoms with Gasteiger partial charge in [-0.05, 0) is 57.2 Å². The van der Waals surface area contributed by atoms with Crippen molar-refractivity contribution in [1.82, 2.24) is 10.4 Å². The fourth-order valence-corrected chi connectivity index (χ4v) is 2.64. The molecule has 0 amide bonds. The first kappa shape index (κ1) is 13.5. The van der Waals surface area contributed by atoms with E-state index in [4.69, 9.17) is 10.6 Å². The van der Waals surface area contributed by atoms with Gasteiger partial charge in [0.05, 0.1) is 6.10 Å². The van der Waals surface area contributed by atoms with E-state index >= 15 is 0 Å². The maximum absolute atomic E-state index is 5.68. The number of pyridine rings is 1. The Hall–Kier alpha value is -0.970. The smallest absolute Gasteiger partial charge is 0.0576 e. The highest BCUT2D eigenvalue weighted by atomic mass is 16.5. The number of nitrogens with two attached hydrogens (primary N) is 1. The number of hydrogen-bond donors (Lipinski definition) is 2. The predicted octanol–water partition coefficient (Wildman–Crippen LogP) is 2.16. The molecule has 4 nitrogen and oxygen atoms in total. The van der Waals surface area contributed by atoms with Crippen LogP contribution in [0.4, 0.5) is 0 Å². The third kappa shape index (κ3) is 3.51. The van der Waals surface area contributed by atoms with Crippen LogP contribution in [0.1, 0.15) is 48.7 Å². The van der Waals surface area contributed by atoms with Gasteiger partial charge in [-0.1, -0.05) is 0 Å². The molecule has 0 spiro atoms. The van der Waals surface area contributed by atoms with Crippen LogP contribution < -0.4 is 11.3 Å². The van der Waals surface area contributed by atoms with E-state index in [-0.39, 0.29) is 6.04 Å². The molecule has 18 heavy (non-hydrogen) atoms. The monoisotopic (exact) mass is 249 g/mol. The third-order valence-corrected chi connectivity index (χ3v) is 3.51. The van der Waals surface area contributed by atoms with Crippen molar-refractivity contribution >= 4 is 0 Å². The Morgan fingerprint density at radius 1 is 1.44 bits per heavy atom. The van der Waals surface area contributed by atoms with E-state index in [1.54, 1.807) is 0 Å². The number of aromatic nitrogens is 1. The molecule has 4 heteroatoms. The van der Waals surface area contributed by atoms with Gasteiger partial charge in [-0.25, -0.2) is 0 Å². The van der Waals surface area contributed by atoms with Crippen molar-refractivity contribution < 1.29 is 4.74 Å². The molecule has 2 unspecified atom stereocenters. The minimum absolute atomic E-state index is 0.189.